The molecule has 1 fully saturated rings. The Labute approximate surface area is 84.8 Å². The van der Waals surface area contributed by atoms with Crippen molar-refractivity contribution in [3.8, 4) is 0 Å². The maximum Gasteiger partial charge on any atom is 0.389 e. The molecule has 1 aliphatic rings. The lowest BCUT2D eigenvalue weighted by molar-refractivity contribution is -0.140. The monoisotopic (exact) mass is 231 g/mol. The van der Waals surface area contributed by atoms with E-state index in [0.29, 0.717) is 0 Å². The molecule has 1 nitrogen and oxygen atoms in total. The van der Waals surface area contributed by atoms with Crippen molar-refractivity contribution in [2.45, 2.75) is 56.2 Å². The van der Waals surface area contributed by atoms with E-state index in [1.54, 1.807) is 0 Å². The quantitative estimate of drug-likeness (QED) is 0.725. The van der Waals surface area contributed by atoms with Crippen LogP contribution in [0.2, 0.25) is 0 Å². The van der Waals surface area contributed by atoms with E-state index in [9.17, 15) is 22.0 Å². The molecule has 0 radical (unpaired) electrons. The second-order valence-corrected chi connectivity index (χ2v) is 4.33. The first-order valence-corrected chi connectivity index (χ1v) is 4.85. The van der Waals surface area contributed by atoms with Gasteiger partial charge in [0, 0.05) is 24.8 Å². The average Bonchev–Trinajstić information content (AvgIpc) is 2.07. The molecule has 6 heteroatoms. The summed E-state index contributed by atoms with van der Waals surface area (Å²) in [7, 11) is 0. The third-order valence-electron chi connectivity index (χ3n) is 2.88. The van der Waals surface area contributed by atoms with Crippen molar-refractivity contribution in [3.63, 3.8) is 0 Å². The van der Waals surface area contributed by atoms with Crippen LogP contribution < -0.4 is 5.73 Å². The van der Waals surface area contributed by atoms with Crippen LogP contribution in [-0.2, 0) is 0 Å². The van der Waals surface area contributed by atoms with Crippen LogP contribution in [0.25, 0.3) is 0 Å². The van der Waals surface area contributed by atoms with Crippen LogP contribution >= 0.6 is 0 Å². The first kappa shape index (κ1) is 12.7. The predicted octanol–water partition coefficient (Wildman–Crippen LogP) is 3.24. The van der Waals surface area contributed by atoms with E-state index in [1.165, 1.54) is 0 Å². The highest BCUT2D eigenvalue weighted by molar-refractivity contribution is 4.92. The van der Waals surface area contributed by atoms with E-state index in [-0.39, 0.29) is 19.3 Å². The molecule has 1 rings (SSSR count). The minimum Gasteiger partial charge on any atom is -0.325 e. The molecule has 0 saturated heterocycles. The standard InChI is InChI=1S/C9H14F5N/c10-8(11)4-1-7(15,2-5-8)3-6-9(12,13)14/h1-6,15H2. The van der Waals surface area contributed by atoms with Crippen molar-refractivity contribution in [2.24, 2.45) is 5.73 Å². The summed E-state index contributed by atoms with van der Waals surface area (Å²) in [6, 6.07) is 0. The molecule has 0 amide bonds. The molecule has 2 N–H and O–H groups in total. The lowest BCUT2D eigenvalue weighted by Crippen LogP contribution is -2.46. The third kappa shape index (κ3) is 4.32. The number of nitrogens with two attached hydrogens (primary N) is 1. The van der Waals surface area contributed by atoms with E-state index in [0.717, 1.165) is 0 Å². The predicted molar refractivity (Wildman–Crippen MR) is 45.6 cm³/mol. The fraction of sp³-hybridized carbons (Fsp3) is 1.00. The van der Waals surface area contributed by atoms with Gasteiger partial charge in [-0.3, -0.25) is 0 Å². The Morgan fingerprint density at radius 1 is 1.00 bits per heavy atom. The molecule has 15 heavy (non-hydrogen) atoms. The van der Waals surface area contributed by atoms with Crippen LogP contribution in [0.15, 0.2) is 0 Å². The zero-order valence-electron chi connectivity index (χ0n) is 8.21. The first-order chi connectivity index (χ1) is 6.62. The Balaban J connectivity index is 2.42. The lowest BCUT2D eigenvalue weighted by atomic mass is 9.78. The second kappa shape index (κ2) is 3.88. The van der Waals surface area contributed by atoms with Gasteiger partial charge in [0.25, 0.3) is 0 Å². The van der Waals surface area contributed by atoms with Gasteiger partial charge < -0.3 is 5.73 Å². The van der Waals surface area contributed by atoms with E-state index >= 15 is 0 Å². The van der Waals surface area contributed by atoms with E-state index in [2.05, 4.69) is 0 Å². The minimum absolute atomic E-state index is 0.0317. The third-order valence-corrected chi connectivity index (χ3v) is 2.88. The van der Waals surface area contributed by atoms with Crippen molar-refractivity contribution < 1.29 is 22.0 Å². The summed E-state index contributed by atoms with van der Waals surface area (Å²) < 4.78 is 61.3. The molecular formula is C9H14F5N. The zero-order valence-corrected chi connectivity index (χ0v) is 8.21. The van der Waals surface area contributed by atoms with E-state index < -0.39 is 36.9 Å². The highest BCUT2D eigenvalue weighted by Gasteiger charge is 2.42. The van der Waals surface area contributed by atoms with Crippen molar-refractivity contribution in [1.82, 2.24) is 0 Å². The van der Waals surface area contributed by atoms with E-state index in [4.69, 9.17) is 5.73 Å². The summed E-state index contributed by atoms with van der Waals surface area (Å²) in [5, 5.41) is 0. The lowest BCUT2D eigenvalue weighted by Gasteiger charge is -2.37. The van der Waals surface area contributed by atoms with Crippen LogP contribution in [0.1, 0.15) is 38.5 Å². The van der Waals surface area contributed by atoms with Gasteiger partial charge in [-0.15, -0.1) is 0 Å². The Morgan fingerprint density at radius 3 is 1.87 bits per heavy atom. The van der Waals surface area contributed by atoms with Crippen LogP contribution in [0.3, 0.4) is 0 Å². The number of hydrogen-bond acceptors (Lipinski definition) is 1. The van der Waals surface area contributed by atoms with Crippen LogP contribution in [0.5, 0.6) is 0 Å². The van der Waals surface area contributed by atoms with Gasteiger partial charge in [-0.25, -0.2) is 8.78 Å². The highest BCUT2D eigenvalue weighted by atomic mass is 19.4. The van der Waals surface area contributed by atoms with Gasteiger partial charge in [-0.2, -0.15) is 13.2 Å². The number of halogens is 5. The molecular weight excluding hydrogens is 217 g/mol. The largest absolute Gasteiger partial charge is 0.389 e. The smallest absolute Gasteiger partial charge is 0.325 e. The van der Waals surface area contributed by atoms with Gasteiger partial charge in [-0.1, -0.05) is 0 Å². The van der Waals surface area contributed by atoms with Crippen LogP contribution in [0.4, 0.5) is 22.0 Å². The zero-order chi connectivity index (χ0) is 11.7. The second-order valence-electron chi connectivity index (χ2n) is 4.33. The van der Waals surface area contributed by atoms with E-state index in [1.807, 2.05) is 0 Å². The molecule has 0 spiro atoms. The van der Waals surface area contributed by atoms with Gasteiger partial charge in [0.05, 0.1) is 0 Å². The number of alkyl halides is 5. The summed E-state index contributed by atoms with van der Waals surface area (Å²) in [6.45, 7) is 0. The Morgan fingerprint density at radius 2 is 1.47 bits per heavy atom. The summed E-state index contributed by atoms with van der Waals surface area (Å²) in [5.41, 5.74) is 4.60. The Hall–Kier alpha value is -0.390. The molecule has 0 bridgehead atoms. The summed E-state index contributed by atoms with van der Waals surface area (Å²) in [6.07, 6.45) is -6.37. The molecule has 0 aromatic carbocycles. The number of hydrogen-bond donors (Lipinski definition) is 1. The summed E-state index contributed by atoms with van der Waals surface area (Å²) >= 11 is 0. The summed E-state index contributed by atoms with van der Waals surface area (Å²) in [4.78, 5) is 0. The van der Waals surface area contributed by atoms with Crippen LogP contribution in [0, 0.1) is 0 Å². The van der Waals surface area contributed by atoms with Crippen molar-refractivity contribution >= 4 is 0 Å². The van der Waals surface area contributed by atoms with Crippen LogP contribution in [-0.4, -0.2) is 17.6 Å². The minimum atomic E-state index is -4.26. The SMILES string of the molecule is NC1(CCC(F)(F)F)CCC(F)(F)CC1. The average molecular weight is 231 g/mol. The molecule has 0 heterocycles. The topological polar surface area (TPSA) is 26.0 Å². The molecule has 0 aromatic heterocycles. The molecule has 1 aliphatic carbocycles. The molecule has 0 atom stereocenters. The maximum absolute atomic E-state index is 12.7. The normalized spacial score (nSPS) is 25.2. The summed E-state index contributed by atoms with van der Waals surface area (Å²) in [5.74, 6) is -2.75. The molecule has 0 aliphatic heterocycles. The van der Waals surface area contributed by atoms with Gasteiger partial charge in [0.15, 0.2) is 0 Å². The van der Waals surface area contributed by atoms with Gasteiger partial charge in [-0.05, 0) is 19.3 Å². The Kier molecular flexibility index (Phi) is 3.28. The van der Waals surface area contributed by atoms with Gasteiger partial charge in [0.2, 0.25) is 5.92 Å². The number of rotatable bonds is 2. The fourth-order valence-corrected chi connectivity index (χ4v) is 1.75. The fourth-order valence-electron chi connectivity index (χ4n) is 1.75. The molecule has 0 aromatic rings. The van der Waals surface area contributed by atoms with Crippen molar-refractivity contribution in [3.05, 3.63) is 0 Å². The van der Waals surface area contributed by atoms with Crippen molar-refractivity contribution in [2.75, 3.05) is 0 Å². The molecule has 1 saturated carbocycles. The molecule has 0 unspecified atom stereocenters. The van der Waals surface area contributed by atoms with Gasteiger partial charge in [0.1, 0.15) is 0 Å². The van der Waals surface area contributed by atoms with Crippen molar-refractivity contribution in [1.29, 1.82) is 0 Å². The molecule has 90 valence electrons. The first-order valence-electron chi connectivity index (χ1n) is 4.85. The highest BCUT2D eigenvalue weighted by Crippen LogP contribution is 2.40. The van der Waals surface area contributed by atoms with Gasteiger partial charge >= 0.3 is 6.18 Å². The Bertz CT molecular complexity index is 213. The maximum atomic E-state index is 12.7.